The van der Waals surface area contributed by atoms with Crippen LogP contribution in [0.4, 0.5) is 0 Å². The summed E-state index contributed by atoms with van der Waals surface area (Å²) < 4.78 is 11.2. The minimum atomic E-state index is -0.188. The molecule has 0 bridgehead atoms. The molecule has 2 rings (SSSR count). The van der Waals surface area contributed by atoms with E-state index < -0.39 is 0 Å². The lowest BCUT2D eigenvalue weighted by molar-refractivity contribution is -0.130. The number of allylic oxidation sites excluding steroid dienone is 1. The van der Waals surface area contributed by atoms with Gasteiger partial charge in [-0.1, -0.05) is 41.4 Å². The number of amides is 1. The highest BCUT2D eigenvalue weighted by Gasteiger charge is 2.15. The van der Waals surface area contributed by atoms with Gasteiger partial charge in [0.15, 0.2) is 23.9 Å². The van der Waals surface area contributed by atoms with Crippen molar-refractivity contribution in [1.29, 1.82) is 0 Å². The fourth-order valence-corrected chi connectivity index (χ4v) is 2.98. The number of rotatable bonds is 8. The Bertz CT molecular complexity index is 935. The fourth-order valence-electron chi connectivity index (χ4n) is 2.70. The quantitative estimate of drug-likeness (QED) is 0.462. The van der Waals surface area contributed by atoms with Crippen molar-refractivity contribution in [3.05, 3.63) is 63.7 Å². The molecular formula is C23H26ClNO4. The highest BCUT2D eigenvalue weighted by molar-refractivity contribution is 6.32. The zero-order valence-electron chi connectivity index (χ0n) is 17.4. The van der Waals surface area contributed by atoms with E-state index in [2.05, 4.69) is 0 Å². The molecule has 1 amide bonds. The van der Waals surface area contributed by atoms with E-state index in [-0.39, 0.29) is 18.3 Å². The average Bonchev–Trinajstić information content (AvgIpc) is 2.65. The van der Waals surface area contributed by atoms with Gasteiger partial charge in [0.1, 0.15) is 0 Å². The molecule has 29 heavy (non-hydrogen) atoms. The first-order chi connectivity index (χ1) is 13.7. The van der Waals surface area contributed by atoms with E-state index in [0.29, 0.717) is 34.3 Å². The lowest BCUT2D eigenvalue weighted by Gasteiger charge is -2.16. The van der Waals surface area contributed by atoms with Gasteiger partial charge < -0.3 is 14.4 Å². The summed E-state index contributed by atoms with van der Waals surface area (Å²) >= 11 is 6.36. The highest BCUT2D eigenvalue weighted by atomic mass is 35.5. The van der Waals surface area contributed by atoms with E-state index in [9.17, 15) is 9.59 Å². The Morgan fingerprint density at radius 2 is 1.83 bits per heavy atom. The number of benzene rings is 2. The van der Waals surface area contributed by atoms with Crippen LogP contribution in [-0.2, 0) is 4.79 Å². The molecule has 0 aromatic heterocycles. The van der Waals surface area contributed by atoms with Gasteiger partial charge in [0.2, 0.25) is 0 Å². The second-order valence-corrected chi connectivity index (χ2v) is 7.26. The van der Waals surface area contributed by atoms with Crippen LogP contribution in [0.1, 0.15) is 34.0 Å². The molecule has 0 unspecified atom stereocenters. The maximum atomic E-state index is 12.5. The lowest BCUT2D eigenvalue weighted by Crippen LogP contribution is -2.27. The monoisotopic (exact) mass is 415 g/mol. The first-order valence-corrected chi connectivity index (χ1v) is 9.69. The molecule has 0 saturated carbocycles. The van der Waals surface area contributed by atoms with Gasteiger partial charge in [-0.3, -0.25) is 9.59 Å². The van der Waals surface area contributed by atoms with Crippen LogP contribution in [0.25, 0.3) is 6.08 Å². The maximum absolute atomic E-state index is 12.5. The summed E-state index contributed by atoms with van der Waals surface area (Å²) in [5.74, 6) is 0.451. The molecule has 0 atom stereocenters. The number of halogens is 1. The number of hydrogen-bond donors (Lipinski definition) is 0. The first-order valence-electron chi connectivity index (χ1n) is 9.31. The molecule has 0 heterocycles. The molecule has 0 spiro atoms. The molecule has 0 fully saturated rings. The van der Waals surface area contributed by atoms with Crippen LogP contribution in [0.5, 0.6) is 11.5 Å². The summed E-state index contributed by atoms with van der Waals surface area (Å²) in [6.07, 6.45) is 3.19. The van der Waals surface area contributed by atoms with Crippen molar-refractivity contribution in [3.63, 3.8) is 0 Å². The summed E-state index contributed by atoms with van der Waals surface area (Å²) in [5.41, 5.74) is 3.40. The van der Waals surface area contributed by atoms with Gasteiger partial charge in [0, 0.05) is 19.7 Å². The van der Waals surface area contributed by atoms with E-state index in [0.717, 1.165) is 11.1 Å². The number of ether oxygens (including phenoxy) is 2. The molecule has 0 N–H and O–H groups in total. The van der Waals surface area contributed by atoms with Gasteiger partial charge in [-0.25, -0.2) is 0 Å². The summed E-state index contributed by atoms with van der Waals surface area (Å²) in [4.78, 5) is 25.8. The number of hydrogen-bond acceptors (Lipinski definition) is 4. The number of aryl methyl sites for hydroxylation is 2. The van der Waals surface area contributed by atoms with Crippen molar-refractivity contribution >= 4 is 29.4 Å². The van der Waals surface area contributed by atoms with Gasteiger partial charge in [-0.15, -0.1) is 0 Å². The third kappa shape index (κ3) is 6.09. The normalized spacial score (nSPS) is 10.8. The molecule has 154 valence electrons. The van der Waals surface area contributed by atoms with Gasteiger partial charge in [0.05, 0.1) is 11.6 Å². The molecule has 0 saturated heterocycles. The van der Waals surface area contributed by atoms with Crippen molar-refractivity contribution in [1.82, 2.24) is 4.90 Å². The summed E-state index contributed by atoms with van der Waals surface area (Å²) in [7, 11) is 3.30. The molecule has 5 nitrogen and oxygen atoms in total. The number of carbonyl (C=O) groups excluding carboxylic acids is 2. The van der Waals surface area contributed by atoms with E-state index >= 15 is 0 Å². The second kappa shape index (κ2) is 10.1. The van der Waals surface area contributed by atoms with Crippen molar-refractivity contribution < 1.29 is 19.1 Å². The number of likely N-dealkylation sites (N-methyl/N-ethyl adjacent to an activating group) is 1. The third-order valence-electron chi connectivity index (χ3n) is 4.25. The van der Waals surface area contributed by atoms with Crippen molar-refractivity contribution in [2.75, 3.05) is 27.3 Å². The second-order valence-electron chi connectivity index (χ2n) is 6.86. The van der Waals surface area contributed by atoms with Crippen molar-refractivity contribution in [3.8, 4) is 11.5 Å². The minimum absolute atomic E-state index is 0.0894. The number of nitrogens with zero attached hydrogens (tertiary/aromatic N) is 1. The van der Waals surface area contributed by atoms with E-state index in [1.807, 2.05) is 39.0 Å². The van der Waals surface area contributed by atoms with Crippen LogP contribution in [-0.4, -0.2) is 43.9 Å². The molecular weight excluding hydrogens is 390 g/mol. The average molecular weight is 416 g/mol. The van der Waals surface area contributed by atoms with Crippen LogP contribution in [0.15, 0.2) is 36.4 Å². The predicted molar refractivity (Wildman–Crippen MR) is 116 cm³/mol. The predicted octanol–water partition coefficient (Wildman–Crippen LogP) is 4.72. The maximum Gasteiger partial charge on any atom is 0.259 e. The van der Waals surface area contributed by atoms with Gasteiger partial charge in [-0.05, 0) is 50.1 Å². The fraction of sp³-hybridized carbons (Fsp3) is 0.304. The SMILES string of the molecule is CCOc1cc(/C=C/C(=O)c2ccc(C)cc2C)cc(Cl)c1OCC(=O)N(C)C. The summed E-state index contributed by atoms with van der Waals surface area (Å²) in [6, 6.07) is 9.13. The Hall–Kier alpha value is -2.79. The Kier molecular flexibility index (Phi) is 7.85. The largest absolute Gasteiger partial charge is 0.490 e. The molecule has 6 heteroatoms. The van der Waals surface area contributed by atoms with Gasteiger partial charge in [-0.2, -0.15) is 0 Å². The molecule has 2 aromatic rings. The Balaban J connectivity index is 2.25. The molecule has 0 aliphatic carbocycles. The van der Waals surface area contributed by atoms with Gasteiger partial charge in [0.25, 0.3) is 5.91 Å². The van der Waals surface area contributed by atoms with E-state index in [4.69, 9.17) is 21.1 Å². The van der Waals surface area contributed by atoms with Crippen LogP contribution >= 0.6 is 11.6 Å². The first kappa shape index (κ1) is 22.5. The molecule has 0 aliphatic heterocycles. The van der Waals surface area contributed by atoms with E-state index in [1.54, 1.807) is 32.3 Å². The van der Waals surface area contributed by atoms with Crippen LogP contribution in [0, 0.1) is 13.8 Å². The van der Waals surface area contributed by atoms with Crippen LogP contribution < -0.4 is 9.47 Å². The zero-order valence-corrected chi connectivity index (χ0v) is 18.2. The third-order valence-corrected chi connectivity index (χ3v) is 4.53. The Morgan fingerprint density at radius 1 is 1.10 bits per heavy atom. The van der Waals surface area contributed by atoms with E-state index in [1.165, 1.54) is 11.0 Å². The zero-order chi connectivity index (χ0) is 21.6. The number of carbonyl (C=O) groups is 2. The lowest BCUT2D eigenvalue weighted by atomic mass is 10.0. The topological polar surface area (TPSA) is 55.8 Å². The molecule has 2 aromatic carbocycles. The van der Waals surface area contributed by atoms with Crippen molar-refractivity contribution in [2.45, 2.75) is 20.8 Å². The Labute approximate surface area is 176 Å². The summed E-state index contributed by atoms with van der Waals surface area (Å²) in [5, 5.41) is 0.307. The molecule has 0 aliphatic rings. The minimum Gasteiger partial charge on any atom is -0.490 e. The summed E-state index contributed by atoms with van der Waals surface area (Å²) in [6.45, 7) is 6.01. The number of ketones is 1. The Morgan fingerprint density at radius 3 is 2.45 bits per heavy atom. The smallest absolute Gasteiger partial charge is 0.259 e. The molecule has 0 radical (unpaired) electrons. The van der Waals surface area contributed by atoms with Crippen molar-refractivity contribution in [2.24, 2.45) is 0 Å². The van der Waals surface area contributed by atoms with Crippen LogP contribution in [0.2, 0.25) is 5.02 Å². The highest BCUT2D eigenvalue weighted by Crippen LogP contribution is 2.37. The standard InChI is InChI=1S/C23H26ClNO4/c1-6-28-21-13-17(12-19(24)23(21)29-14-22(27)25(4)5)8-10-20(26)18-9-7-15(2)11-16(18)3/h7-13H,6,14H2,1-5H3/b10-8+. The van der Waals surface area contributed by atoms with Gasteiger partial charge >= 0.3 is 0 Å². The van der Waals surface area contributed by atoms with Crippen LogP contribution in [0.3, 0.4) is 0 Å².